The normalized spacial score (nSPS) is 11.1. The van der Waals surface area contributed by atoms with Gasteiger partial charge in [0.15, 0.2) is 0 Å². The molecule has 0 fully saturated rings. The van der Waals surface area contributed by atoms with E-state index in [2.05, 4.69) is 9.72 Å². The van der Waals surface area contributed by atoms with Gasteiger partial charge in [0.2, 0.25) is 0 Å². The molecule has 0 radical (unpaired) electrons. The van der Waals surface area contributed by atoms with Gasteiger partial charge in [-0.3, -0.25) is 0 Å². The molecule has 0 aliphatic heterocycles. The van der Waals surface area contributed by atoms with Crippen molar-refractivity contribution in [1.82, 2.24) is 4.98 Å². The minimum Gasteiger partial charge on any atom is -0.478 e. The van der Waals surface area contributed by atoms with E-state index in [1.807, 2.05) is 0 Å². The number of anilines is 1. The van der Waals surface area contributed by atoms with Crippen LogP contribution in [0, 0.1) is 0 Å². The highest BCUT2D eigenvalue weighted by Gasteiger charge is 2.31. The van der Waals surface area contributed by atoms with Gasteiger partial charge in [0.05, 0.1) is 6.20 Å². The predicted octanol–water partition coefficient (Wildman–Crippen LogP) is 1.26. The van der Waals surface area contributed by atoms with E-state index in [4.69, 9.17) is 10.8 Å². The maximum Gasteiger partial charge on any atom is 0.573 e. The third-order valence-electron chi connectivity index (χ3n) is 1.36. The third kappa shape index (κ3) is 3.01. The Bertz CT molecular complexity index is 392. The number of ether oxygens (including phenoxy) is 1. The van der Waals surface area contributed by atoms with Gasteiger partial charge in [0.1, 0.15) is 17.1 Å². The Hall–Kier alpha value is -1.99. The van der Waals surface area contributed by atoms with E-state index in [0.717, 1.165) is 0 Å². The highest BCUT2D eigenvalue weighted by molar-refractivity contribution is 5.92. The van der Waals surface area contributed by atoms with Crippen LogP contribution < -0.4 is 10.5 Å². The Morgan fingerprint density at radius 2 is 2.13 bits per heavy atom. The first-order chi connectivity index (χ1) is 6.79. The maximum atomic E-state index is 11.7. The summed E-state index contributed by atoms with van der Waals surface area (Å²) >= 11 is 0. The molecular weight excluding hydrogens is 217 g/mol. The van der Waals surface area contributed by atoms with Crippen LogP contribution in [0.3, 0.4) is 0 Å². The first-order valence-corrected chi connectivity index (χ1v) is 3.54. The van der Waals surface area contributed by atoms with Crippen molar-refractivity contribution in [1.29, 1.82) is 0 Å². The van der Waals surface area contributed by atoms with Gasteiger partial charge in [-0.1, -0.05) is 0 Å². The van der Waals surface area contributed by atoms with Crippen molar-refractivity contribution in [2.45, 2.75) is 6.36 Å². The van der Waals surface area contributed by atoms with Crippen molar-refractivity contribution in [3.05, 3.63) is 17.8 Å². The lowest BCUT2D eigenvalue weighted by molar-refractivity contribution is -0.274. The third-order valence-corrected chi connectivity index (χ3v) is 1.36. The van der Waals surface area contributed by atoms with Gasteiger partial charge in [0, 0.05) is 6.07 Å². The summed E-state index contributed by atoms with van der Waals surface area (Å²) in [6.45, 7) is 0. The summed E-state index contributed by atoms with van der Waals surface area (Å²) in [6, 6.07) is 0.651. The number of rotatable bonds is 2. The first kappa shape index (κ1) is 11.1. The second kappa shape index (κ2) is 3.64. The number of hydrogen-bond donors (Lipinski definition) is 2. The Kier molecular flexibility index (Phi) is 2.69. The van der Waals surface area contributed by atoms with E-state index in [9.17, 15) is 18.0 Å². The average Bonchev–Trinajstić information content (AvgIpc) is 2.05. The van der Waals surface area contributed by atoms with Crippen LogP contribution in [-0.4, -0.2) is 22.4 Å². The number of alkyl halides is 3. The molecule has 1 aromatic heterocycles. The Labute approximate surface area is 81.3 Å². The summed E-state index contributed by atoms with van der Waals surface area (Å²) in [5.41, 5.74) is 4.58. The van der Waals surface area contributed by atoms with Crippen molar-refractivity contribution >= 4 is 11.8 Å². The standard InChI is InChI=1S/C7H5F3N2O3/c8-7(9,10)15-3-1-4(6(13)14)5(11)12-2-3/h1-2H,(H2,11,12)(H,13,14). The van der Waals surface area contributed by atoms with Crippen molar-refractivity contribution in [3.8, 4) is 5.75 Å². The highest BCUT2D eigenvalue weighted by Crippen LogP contribution is 2.24. The summed E-state index contributed by atoms with van der Waals surface area (Å²) in [6.07, 6.45) is -4.21. The largest absolute Gasteiger partial charge is 0.573 e. The molecular formula is C7H5F3N2O3. The number of carboxylic acids is 1. The van der Waals surface area contributed by atoms with E-state index < -0.39 is 23.6 Å². The van der Waals surface area contributed by atoms with Crippen LogP contribution in [0.1, 0.15) is 10.4 Å². The van der Waals surface area contributed by atoms with Crippen molar-refractivity contribution < 1.29 is 27.8 Å². The van der Waals surface area contributed by atoms with Crippen LogP contribution in [0.4, 0.5) is 19.0 Å². The molecule has 0 aliphatic carbocycles. The molecule has 8 heteroatoms. The summed E-state index contributed by atoms with van der Waals surface area (Å²) in [5.74, 6) is -2.58. The molecule has 0 atom stereocenters. The molecule has 1 heterocycles. The van der Waals surface area contributed by atoms with Crippen LogP contribution in [0.2, 0.25) is 0 Å². The number of carbonyl (C=O) groups is 1. The number of nitrogens with two attached hydrogens (primary N) is 1. The molecule has 3 N–H and O–H groups in total. The molecule has 0 bridgehead atoms. The molecule has 1 aromatic rings. The molecule has 0 saturated carbocycles. The molecule has 0 saturated heterocycles. The molecule has 0 aliphatic rings. The second-order valence-electron chi connectivity index (χ2n) is 2.46. The number of aromatic carboxylic acids is 1. The lowest BCUT2D eigenvalue weighted by atomic mass is 10.2. The molecule has 82 valence electrons. The number of hydrogen-bond acceptors (Lipinski definition) is 4. The van der Waals surface area contributed by atoms with Gasteiger partial charge in [-0.25, -0.2) is 9.78 Å². The zero-order valence-corrected chi connectivity index (χ0v) is 7.08. The fraction of sp³-hybridized carbons (Fsp3) is 0.143. The highest BCUT2D eigenvalue weighted by atomic mass is 19.4. The van der Waals surface area contributed by atoms with Crippen LogP contribution in [-0.2, 0) is 0 Å². The van der Waals surface area contributed by atoms with Gasteiger partial charge >= 0.3 is 12.3 Å². The molecule has 0 unspecified atom stereocenters. The van der Waals surface area contributed by atoms with Gasteiger partial charge in [-0.2, -0.15) is 0 Å². The lowest BCUT2D eigenvalue weighted by Crippen LogP contribution is -2.18. The minimum absolute atomic E-state index is 0.378. The summed E-state index contributed by atoms with van der Waals surface area (Å²) in [4.78, 5) is 13.7. The first-order valence-electron chi connectivity index (χ1n) is 3.54. The number of pyridine rings is 1. The van der Waals surface area contributed by atoms with Gasteiger partial charge < -0.3 is 15.6 Å². The Balaban J connectivity index is 3.03. The van der Waals surface area contributed by atoms with Crippen LogP contribution in [0.5, 0.6) is 5.75 Å². The van der Waals surface area contributed by atoms with Crippen LogP contribution >= 0.6 is 0 Å². The van der Waals surface area contributed by atoms with E-state index in [1.54, 1.807) is 0 Å². The van der Waals surface area contributed by atoms with Gasteiger partial charge in [-0.05, 0) is 0 Å². The van der Waals surface area contributed by atoms with E-state index >= 15 is 0 Å². The van der Waals surface area contributed by atoms with Crippen molar-refractivity contribution in [2.24, 2.45) is 0 Å². The van der Waals surface area contributed by atoms with Crippen molar-refractivity contribution in [3.63, 3.8) is 0 Å². The molecule has 1 rings (SSSR count). The van der Waals surface area contributed by atoms with Gasteiger partial charge in [-0.15, -0.1) is 13.2 Å². The zero-order valence-electron chi connectivity index (χ0n) is 7.08. The number of carboxylic acid groups (broad SMARTS) is 1. The topological polar surface area (TPSA) is 85.4 Å². The number of nitrogens with zero attached hydrogens (tertiary/aromatic N) is 1. The SMILES string of the molecule is Nc1ncc(OC(F)(F)F)cc1C(=O)O. The van der Waals surface area contributed by atoms with E-state index in [0.29, 0.717) is 12.3 Å². The summed E-state index contributed by atoms with van der Waals surface area (Å²) < 4.78 is 38.7. The monoisotopic (exact) mass is 222 g/mol. The summed E-state index contributed by atoms with van der Waals surface area (Å²) in [7, 11) is 0. The average molecular weight is 222 g/mol. The predicted molar refractivity (Wildman–Crippen MR) is 42.3 cm³/mol. The van der Waals surface area contributed by atoms with Crippen LogP contribution in [0.25, 0.3) is 0 Å². The molecule has 5 nitrogen and oxygen atoms in total. The van der Waals surface area contributed by atoms with E-state index in [-0.39, 0.29) is 5.82 Å². The molecule has 15 heavy (non-hydrogen) atoms. The Morgan fingerprint density at radius 1 is 1.53 bits per heavy atom. The fourth-order valence-electron chi connectivity index (χ4n) is 0.817. The van der Waals surface area contributed by atoms with E-state index in [1.165, 1.54) is 0 Å². The number of halogens is 3. The van der Waals surface area contributed by atoms with Gasteiger partial charge in [0.25, 0.3) is 0 Å². The second-order valence-corrected chi connectivity index (χ2v) is 2.46. The lowest BCUT2D eigenvalue weighted by Gasteiger charge is -2.09. The quantitative estimate of drug-likeness (QED) is 0.786. The zero-order chi connectivity index (χ0) is 11.6. The fourth-order valence-corrected chi connectivity index (χ4v) is 0.817. The molecule has 0 spiro atoms. The Morgan fingerprint density at radius 3 is 2.60 bits per heavy atom. The molecule has 0 amide bonds. The minimum atomic E-state index is -4.90. The number of nitrogen functional groups attached to an aromatic ring is 1. The molecule has 0 aromatic carbocycles. The smallest absolute Gasteiger partial charge is 0.478 e. The summed E-state index contributed by atoms with van der Waals surface area (Å²) in [5, 5.41) is 8.53. The maximum absolute atomic E-state index is 11.7. The number of aromatic nitrogens is 1. The van der Waals surface area contributed by atoms with Crippen LogP contribution in [0.15, 0.2) is 12.3 Å². The van der Waals surface area contributed by atoms with Crippen molar-refractivity contribution in [2.75, 3.05) is 5.73 Å².